The van der Waals surface area contributed by atoms with E-state index in [1.54, 1.807) is 27.7 Å². The zero-order valence-corrected chi connectivity index (χ0v) is 20.6. The molecule has 1 fully saturated rings. The Morgan fingerprint density at radius 1 is 1.20 bits per heavy atom. The highest BCUT2D eigenvalue weighted by atomic mass is 19.1. The van der Waals surface area contributed by atoms with Crippen LogP contribution in [0.3, 0.4) is 0 Å². The molecule has 1 aliphatic rings. The van der Waals surface area contributed by atoms with Gasteiger partial charge in [0.1, 0.15) is 17.5 Å². The van der Waals surface area contributed by atoms with Crippen LogP contribution in [0.25, 0.3) is 0 Å². The molecule has 3 atom stereocenters. The maximum atomic E-state index is 13.3. The quantitative estimate of drug-likeness (QED) is 0.341. The van der Waals surface area contributed by atoms with Gasteiger partial charge < -0.3 is 25.4 Å². The Balaban J connectivity index is 2.20. The first-order chi connectivity index (χ1) is 16.5. The van der Waals surface area contributed by atoms with Gasteiger partial charge in [-0.3, -0.25) is 9.59 Å². The van der Waals surface area contributed by atoms with Crippen LogP contribution in [-0.4, -0.2) is 54.7 Å². The van der Waals surface area contributed by atoms with Crippen molar-refractivity contribution in [1.29, 1.82) is 0 Å². The van der Waals surface area contributed by atoms with Gasteiger partial charge in [-0.05, 0) is 58.2 Å². The summed E-state index contributed by atoms with van der Waals surface area (Å²) in [5.41, 5.74) is -0.154. The first-order valence-electron chi connectivity index (χ1n) is 11.6. The minimum absolute atomic E-state index is 0.0730. The minimum atomic E-state index is -1.05. The van der Waals surface area contributed by atoms with Crippen LogP contribution in [-0.2, 0) is 30.3 Å². The number of halogens is 1. The molecule has 0 aliphatic carbocycles. The van der Waals surface area contributed by atoms with Gasteiger partial charge in [0.25, 0.3) is 0 Å². The highest BCUT2D eigenvalue weighted by Crippen LogP contribution is 2.17. The molecule has 192 valence electrons. The summed E-state index contributed by atoms with van der Waals surface area (Å²) in [6.45, 7) is 7.51. The van der Waals surface area contributed by atoms with E-state index in [9.17, 15) is 23.6 Å². The molecule has 9 nitrogen and oxygen atoms in total. The molecule has 0 spiro atoms. The van der Waals surface area contributed by atoms with Crippen LogP contribution in [0.5, 0.6) is 0 Å². The topological polar surface area (TPSA) is 123 Å². The molecule has 0 bridgehead atoms. The number of esters is 1. The van der Waals surface area contributed by atoms with E-state index in [1.165, 1.54) is 36.4 Å². The summed E-state index contributed by atoms with van der Waals surface area (Å²) in [4.78, 5) is 49.5. The largest absolute Gasteiger partial charge is 0.463 e. The van der Waals surface area contributed by atoms with Crippen LogP contribution in [0.1, 0.15) is 46.1 Å². The predicted molar refractivity (Wildman–Crippen MR) is 127 cm³/mol. The van der Waals surface area contributed by atoms with Gasteiger partial charge in [-0.1, -0.05) is 18.2 Å². The lowest BCUT2D eigenvalue weighted by Crippen LogP contribution is -2.51. The molecule has 0 aromatic heterocycles. The van der Waals surface area contributed by atoms with Gasteiger partial charge in [0.2, 0.25) is 11.8 Å². The Kier molecular flexibility index (Phi) is 10.2. The van der Waals surface area contributed by atoms with Crippen molar-refractivity contribution in [3.63, 3.8) is 0 Å². The third-order valence-corrected chi connectivity index (χ3v) is 5.14. The van der Waals surface area contributed by atoms with Crippen molar-refractivity contribution in [2.24, 2.45) is 5.92 Å². The van der Waals surface area contributed by atoms with Crippen molar-refractivity contribution < 1.29 is 33.0 Å². The average Bonchev–Trinajstić information content (AvgIpc) is 3.16. The number of hydrogen-bond acceptors (Lipinski definition) is 6. The fourth-order valence-electron chi connectivity index (χ4n) is 3.55. The molecule has 1 heterocycles. The van der Waals surface area contributed by atoms with Crippen LogP contribution < -0.4 is 16.0 Å². The minimum Gasteiger partial charge on any atom is -0.463 e. The molecule has 0 unspecified atom stereocenters. The Morgan fingerprint density at radius 2 is 1.89 bits per heavy atom. The summed E-state index contributed by atoms with van der Waals surface area (Å²) in [5, 5.41) is 8.12. The SMILES string of the molecule is CCOC(=O)/C=C/[C@H](C[C@@H]1CCNC1=O)NC(=O)[C@H](Cc1ccc(F)cc1)NC(=O)OC(C)(C)C. The van der Waals surface area contributed by atoms with E-state index in [1.807, 2.05) is 0 Å². The third kappa shape index (κ3) is 10.2. The molecule has 2 rings (SSSR count). The van der Waals surface area contributed by atoms with E-state index in [0.717, 1.165) is 0 Å². The molecule has 35 heavy (non-hydrogen) atoms. The number of alkyl carbamates (subject to hydrolysis) is 1. The Labute approximate surface area is 204 Å². The lowest BCUT2D eigenvalue weighted by atomic mass is 9.97. The normalized spacial score (nSPS) is 17.4. The second-order valence-corrected chi connectivity index (χ2v) is 9.27. The molecule has 0 saturated carbocycles. The van der Waals surface area contributed by atoms with Gasteiger partial charge in [-0.15, -0.1) is 0 Å². The van der Waals surface area contributed by atoms with Crippen molar-refractivity contribution in [2.75, 3.05) is 13.2 Å². The van der Waals surface area contributed by atoms with Crippen LogP contribution in [0.4, 0.5) is 9.18 Å². The van der Waals surface area contributed by atoms with Crippen LogP contribution in [0.15, 0.2) is 36.4 Å². The number of amides is 3. The highest BCUT2D eigenvalue weighted by Gasteiger charge is 2.30. The van der Waals surface area contributed by atoms with E-state index in [4.69, 9.17) is 9.47 Å². The van der Waals surface area contributed by atoms with Crippen molar-refractivity contribution in [2.45, 2.75) is 64.6 Å². The maximum absolute atomic E-state index is 13.3. The summed E-state index contributed by atoms with van der Waals surface area (Å²) in [7, 11) is 0. The van der Waals surface area contributed by atoms with Crippen LogP contribution in [0.2, 0.25) is 0 Å². The Bertz CT molecular complexity index is 926. The summed E-state index contributed by atoms with van der Waals surface area (Å²) in [6, 6.07) is 3.85. The first kappa shape index (κ1) is 27.8. The fraction of sp³-hybridized carbons (Fsp3) is 0.520. The van der Waals surface area contributed by atoms with Gasteiger partial charge in [-0.25, -0.2) is 14.0 Å². The number of ether oxygens (including phenoxy) is 2. The Hall–Kier alpha value is -3.43. The molecule has 1 aromatic rings. The van der Waals surface area contributed by atoms with Gasteiger partial charge >= 0.3 is 12.1 Å². The number of carbonyl (C=O) groups is 4. The monoisotopic (exact) mass is 491 g/mol. The fourth-order valence-corrected chi connectivity index (χ4v) is 3.55. The van der Waals surface area contributed by atoms with E-state index in [2.05, 4.69) is 16.0 Å². The maximum Gasteiger partial charge on any atom is 0.408 e. The lowest BCUT2D eigenvalue weighted by molar-refractivity contribution is -0.137. The van der Waals surface area contributed by atoms with Gasteiger partial charge in [0.15, 0.2) is 0 Å². The van der Waals surface area contributed by atoms with Crippen molar-refractivity contribution in [3.05, 3.63) is 47.8 Å². The third-order valence-electron chi connectivity index (χ3n) is 5.14. The molecule has 3 N–H and O–H groups in total. The predicted octanol–water partition coefficient (Wildman–Crippen LogP) is 2.39. The lowest BCUT2D eigenvalue weighted by Gasteiger charge is -2.25. The van der Waals surface area contributed by atoms with Crippen LogP contribution in [0, 0.1) is 11.7 Å². The van der Waals surface area contributed by atoms with E-state index < -0.39 is 41.5 Å². The second kappa shape index (κ2) is 12.9. The standard InChI is InChI=1S/C25H34FN3O6/c1-5-34-21(30)11-10-19(15-17-12-13-27-22(17)31)28-23(32)20(29-24(33)35-25(2,3)4)14-16-6-8-18(26)9-7-16/h6-11,17,19-20H,5,12-15H2,1-4H3,(H,27,31)(H,28,32)(H,29,33)/b11-10+/t17-,19+,20-/m0/s1. The summed E-state index contributed by atoms with van der Waals surface area (Å²) in [5.74, 6) is -1.99. The van der Waals surface area contributed by atoms with Crippen molar-refractivity contribution in [3.8, 4) is 0 Å². The number of benzene rings is 1. The smallest absolute Gasteiger partial charge is 0.408 e. The van der Waals surface area contributed by atoms with Crippen molar-refractivity contribution in [1.82, 2.24) is 16.0 Å². The van der Waals surface area contributed by atoms with E-state index in [0.29, 0.717) is 18.5 Å². The van der Waals surface area contributed by atoms with E-state index >= 15 is 0 Å². The zero-order valence-electron chi connectivity index (χ0n) is 20.6. The summed E-state index contributed by atoms with van der Waals surface area (Å²) < 4.78 is 23.5. The van der Waals surface area contributed by atoms with Crippen LogP contribution >= 0.6 is 0 Å². The summed E-state index contributed by atoms with van der Waals surface area (Å²) >= 11 is 0. The summed E-state index contributed by atoms with van der Waals surface area (Å²) in [6.07, 6.45) is 2.84. The molecule has 1 aromatic carbocycles. The molecule has 3 amide bonds. The molecular formula is C25H34FN3O6. The van der Waals surface area contributed by atoms with Gasteiger partial charge in [0, 0.05) is 31.0 Å². The molecule has 0 radical (unpaired) electrons. The zero-order chi connectivity index (χ0) is 26.0. The molecule has 1 saturated heterocycles. The first-order valence-corrected chi connectivity index (χ1v) is 11.6. The number of hydrogen-bond donors (Lipinski definition) is 3. The average molecular weight is 492 g/mol. The molecule has 1 aliphatic heterocycles. The number of carbonyl (C=O) groups excluding carboxylic acids is 4. The van der Waals surface area contributed by atoms with E-state index in [-0.39, 0.29) is 31.3 Å². The highest BCUT2D eigenvalue weighted by molar-refractivity contribution is 5.87. The Morgan fingerprint density at radius 3 is 2.46 bits per heavy atom. The number of nitrogens with one attached hydrogen (secondary N) is 3. The second-order valence-electron chi connectivity index (χ2n) is 9.27. The molecule has 10 heteroatoms. The van der Waals surface area contributed by atoms with Crippen molar-refractivity contribution >= 4 is 23.9 Å². The number of rotatable bonds is 10. The molecular weight excluding hydrogens is 457 g/mol. The van der Waals surface area contributed by atoms with Gasteiger partial charge in [0.05, 0.1) is 6.61 Å². The van der Waals surface area contributed by atoms with Gasteiger partial charge in [-0.2, -0.15) is 0 Å².